The monoisotopic (exact) mass is 385 g/mol. The van der Waals surface area contributed by atoms with Crippen LogP contribution in [0.1, 0.15) is 25.0 Å². The molecule has 0 saturated heterocycles. The Labute approximate surface area is 153 Å². The Morgan fingerprint density at radius 1 is 1.20 bits per heavy atom. The number of anilines is 1. The normalized spacial score (nSPS) is 16.8. The first kappa shape index (κ1) is 18.2. The average molecular weight is 386 g/mol. The van der Waals surface area contributed by atoms with Gasteiger partial charge in [-0.25, -0.2) is 0 Å². The first-order valence-electron chi connectivity index (χ1n) is 7.54. The molecule has 0 saturated carbocycles. The number of benzene rings is 2. The van der Waals surface area contributed by atoms with Gasteiger partial charge in [-0.15, -0.1) is 0 Å². The zero-order valence-corrected chi connectivity index (χ0v) is 15.1. The highest BCUT2D eigenvalue weighted by Crippen LogP contribution is 2.44. The van der Waals surface area contributed by atoms with Crippen molar-refractivity contribution in [1.29, 1.82) is 0 Å². The molecular weight excluding hydrogens is 371 g/mol. The first-order valence-corrected chi connectivity index (χ1v) is 8.32. The van der Waals surface area contributed by atoms with Crippen LogP contribution in [0.25, 0.3) is 11.1 Å². The molecule has 2 aromatic carbocycles. The molecule has 0 unspecified atom stereocenters. The summed E-state index contributed by atoms with van der Waals surface area (Å²) in [5.41, 5.74) is 0.823. The van der Waals surface area contributed by atoms with Crippen molar-refractivity contribution in [2.24, 2.45) is 0 Å². The molecule has 1 heterocycles. The van der Waals surface area contributed by atoms with E-state index in [9.17, 15) is 13.2 Å². The van der Waals surface area contributed by atoms with Crippen LogP contribution in [-0.4, -0.2) is 11.6 Å². The van der Waals surface area contributed by atoms with Gasteiger partial charge in [-0.05, 0) is 37.6 Å². The minimum Gasteiger partial charge on any atom is -0.364 e. The molecule has 0 amide bonds. The quantitative estimate of drug-likeness (QED) is 0.605. The zero-order valence-electron chi connectivity index (χ0n) is 13.5. The molecule has 2 nitrogen and oxygen atoms in total. The van der Waals surface area contributed by atoms with E-state index in [-0.39, 0.29) is 6.61 Å². The summed E-state index contributed by atoms with van der Waals surface area (Å²) in [5, 5.41) is 3.42. The highest BCUT2D eigenvalue weighted by Gasteiger charge is 2.33. The van der Waals surface area contributed by atoms with Crippen LogP contribution in [0.4, 0.5) is 18.9 Å². The van der Waals surface area contributed by atoms with E-state index in [0.29, 0.717) is 32.4 Å². The van der Waals surface area contributed by atoms with Crippen molar-refractivity contribution in [3.05, 3.63) is 52.5 Å². The lowest BCUT2D eigenvalue weighted by Gasteiger charge is -2.27. The second-order valence-corrected chi connectivity index (χ2v) is 7.15. The number of rotatable bonds is 1. The fourth-order valence-corrected chi connectivity index (χ4v) is 3.53. The minimum atomic E-state index is -4.41. The van der Waals surface area contributed by atoms with Crippen LogP contribution < -0.4 is 5.32 Å². The summed E-state index contributed by atoms with van der Waals surface area (Å²) in [5.74, 6) is 0. The predicted molar refractivity (Wildman–Crippen MR) is 97.1 cm³/mol. The number of hydrogen-bond acceptors (Lipinski definition) is 2. The molecule has 1 N–H and O–H groups in total. The van der Waals surface area contributed by atoms with Gasteiger partial charge in [0.05, 0.1) is 22.8 Å². The van der Waals surface area contributed by atoms with Crippen molar-refractivity contribution in [2.75, 3.05) is 11.9 Å². The second-order valence-electron chi connectivity index (χ2n) is 6.28. The van der Waals surface area contributed by atoms with Crippen molar-refractivity contribution in [3.8, 4) is 11.1 Å². The number of alkyl halides is 3. The Kier molecular flexibility index (Phi) is 4.56. The highest BCUT2D eigenvalue weighted by molar-refractivity contribution is 7.80. The van der Waals surface area contributed by atoms with Crippen LogP contribution >= 0.6 is 23.8 Å². The maximum absolute atomic E-state index is 13.0. The Morgan fingerprint density at radius 3 is 2.60 bits per heavy atom. The van der Waals surface area contributed by atoms with Crippen LogP contribution in [0.3, 0.4) is 0 Å². The third kappa shape index (κ3) is 3.52. The summed E-state index contributed by atoms with van der Waals surface area (Å²) in [4.78, 5) is 0.523. The molecule has 0 aromatic heterocycles. The van der Waals surface area contributed by atoms with E-state index >= 15 is 0 Å². The first-order chi connectivity index (χ1) is 11.6. The largest absolute Gasteiger partial charge is 0.416 e. The number of halogens is 4. The molecule has 25 heavy (non-hydrogen) atoms. The molecule has 2 aromatic rings. The van der Waals surface area contributed by atoms with Crippen molar-refractivity contribution >= 4 is 34.5 Å². The summed E-state index contributed by atoms with van der Waals surface area (Å²) in [6, 6.07) is 8.55. The summed E-state index contributed by atoms with van der Waals surface area (Å²) < 4.78 is 44.8. The van der Waals surface area contributed by atoms with E-state index in [0.717, 1.165) is 12.1 Å². The lowest BCUT2D eigenvalue weighted by atomic mass is 9.91. The Hall–Kier alpha value is -1.63. The van der Waals surface area contributed by atoms with E-state index in [1.54, 1.807) is 18.2 Å². The SMILES string of the molecule is CC1(C)OCC(=S)Nc2ccc(-c3cccc(C(F)(F)F)c3)c(Cl)c21. The van der Waals surface area contributed by atoms with Gasteiger partial charge in [-0.2, -0.15) is 13.2 Å². The third-order valence-corrected chi connectivity index (χ3v) is 4.70. The van der Waals surface area contributed by atoms with Gasteiger partial charge < -0.3 is 10.1 Å². The fourth-order valence-electron chi connectivity index (χ4n) is 2.86. The smallest absolute Gasteiger partial charge is 0.364 e. The lowest BCUT2D eigenvalue weighted by molar-refractivity contribution is -0.137. The molecule has 0 radical (unpaired) electrons. The maximum Gasteiger partial charge on any atom is 0.416 e. The molecular formula is C18H15ClF3NOS. The van der Waals surface area contributed by atoms with Gasteiger partial charge in [-0.1, -0.05) is 42.0 Å². The van der Waals surface area contributed by atoms with Crippen LogP contribution in [0.2, 0.25) is 5.02 Å². The highest BCUT2D eigenvalue weighted by atomic mass is 35.5. The van der Waals surface area contributed by atoms with Gasteiger partial charge in [-0.3, -0.25) is 0 Å². The molecule has 132 valence electrons. The average Bonchev–Trinajstić information content (AvgIpc) is 2.63. The Bertz CT molecular complexity index is 849. The van der Waals surface area contributed by atoms with Gasteiger partial charge in [0.1, 0.15) is 4.99 Å². The minimum absolute atomic E-state index is 0.242. The molecule has 0 bridgehead atoms. The van der Waals surface area contributed by atoms with Gasteiger partial charge >= 0.3 is 6.18 Å². The van der Waals surface area contributed by atoms with Gasteiger partial charge in [0, 0.05) is 16.8 Å². The van der Waals surface area contributed by atoms with E-state index in [2.05, 4.69) is 5.32 Å². The molecule has 1 aliphatic rings. The van der Waals surface area contributed by atoms with E-state index in [4.69, 9.17) is 28.6 Å². The van der Waals surface area contributed by atoms with Crippen LogP contribution in [0.5, 0.6) is 0 Å². The summed E-state index contributed by atoms with van der Waals surface area (Å²) in [7, 11) is 0. The Morgan fingerprint density at radius 2 is 1.92 bits per heavy atom. The van der Waals surface area contributed by atoms with Crippen molar-refractivity contribution in [1.82, 2.24) is 0 Å². The third-order valence-electron chi connectivity index (χ3n) is 4.08. The van der Waals surface area contributed by atoms with Gasteiger partial charge in [0.25, 0.3) is 0 Å². The fraction of sp³-hybridized carbons (Fsp3) is 0.278. The lowest BCUT2D eigenvalue weighted by Crippen LogP contribution is -2.22. The molecule has 0 atom stereocenters. The van der Waals surface area contributed by atoms with Crippen LogP contribution in [0.15, 0.2) is 36.4 Å². The van der Waals surface area contributed by atoms with Gasteiger partial charge in [0.15, 0.2) is 0 Å². The molecule has 0 aliphatic carbocycles. The van der Waals surface area contributed by atoms with Crippen molar-refractivity contribution < 1.29 is 17.9 Å². The van der Waals surface area contributed by atoms with Crippen LogP contribution in [0, 0.1) is 0 Å². The number of thiocarbonyl (C=S) groups is 1. The van der Waals surface area contributed by atoms with Crippen LogP contribution in [-0.2, 0) is 16.5 Å². The topological polar surface area (TPSA) is 21.3 Å². The predicted octanol–water partition coefficient (Wildman–Crippen LogP) is 6.03. The second kappa shape index (κ2) is 6.27. The van der Waals surface area contributed by atoms with Crippen molar-refractivity contribution in [3.63, 3.8) is 0 Å². The molecule has 1 aliphatic heterocycles. The maximum atomic E-state index is 13.0. The van der Waals surface area contributed by atoms with Gasteiger partial charge in [0.2, 0.25) is 0 Å². The van der Waals surface area contributed by atoms with E-state index in [1.807, 2.05) is 13.8 Å². The summed E-state index contributed by atoms with van der Waals surface area (Å²) >= 11 is 11.8. The summed E-state index contributed by atoms with van der Waals surface area (Å²) in [6.07, 6.45) is -4.41. The summed E-state index contributed by atoms with van der Waals surface area (Å²) in [6.45, 7) is 3.94. The number of fused-ring (bicyclic) bond motifs is 1. The molecule has 3 rings (SSSR count). The molecule has 0 fully saturated rings. The Balaban J connectivity index is 2.18. The number of hydrogen-bond donors (Lipinski definition) is 1. The van der Waals surface area contributed by atoms with E-state index < -0.39 is 17.3 Å². The number of ether oxygens (including phenoxy) is 1. The molecule has 7 heteroatoms. The number of nitrogens with one attached hydrogen (secondary N) is 1. The van der Waals surface area contributed by atoms with E-state index in [1.165, 1.54) is 6.07 Å². The molecule has 0 spiro atoms. The zero-order chi connectivity index (χ0) is 18.4. The standard InChI is InChI=1S/C18H15ClF3NOS/c1-17(2)15-13(23-14(25)9-24-17)7-6-12(16(15)19)10-4-3-5-11(8-10)18(20,21)22/h3-8H,9H2,1-2H3,(H,23,25). The van der Waals surface area contributed by atoms with Crippen molar-refractivity contribution in [2.45, 2.75) is 25.6 Å².